The summed E-state index contributed by atoms with van der Waals surface area (Å²) in [5.74, 6) is 0. The van der Waals surface area contributed by atoms with Crippen LogP contribution in [0.4, 0.5) is 34.1 Å². The minimum atomic E-state index is -0.169. The first-order valence-electron chi connectivity index (χ1n) is 27.7. The maximum atomic E-state index is 2.45. The largest absolute Gasteiger partial charge is 0.310 e. The molecule has 0 heterocycles. The van der Waals surface area contributed by atoms with Crippen LogP contribution in [-0.2, 0) is 16.2 Å². The molecule has 10 aromatic carbocycles. The summed E-state index contributed by atoms with van der Waals surface area (Å²) in [4.78, 5) is 4.75. The minimum Gasteiger partial charge on any atom is -0.310 e. The van der Waals surface area contributed by atoms with Crippen LogP contribution in [0.3, 0.4) is 0 Å². The van der Waals surface area contributed by atoms with Gasteiger partial charge in [-0.25, -0.2) is 0 Å². The number of fused-ring (bicyclic) bond motifs is 9. The van der Waals surface area contributed by atoms with E-state index in [4.69, 9.17) is 0 Å². The quantitative estimate of drug-likeness (QED) is 0.126. The van der Waals surface area contributed by atoms with Crippen molar-refractivity contribution in [3.63, 3.8) is 0 Å². The van der Waals surface area contributed by atoms with Gasteiger partial charge in [0.15, 0.2) is 0 Å². The minimum absolute atomic E-state index is 0.152. The fourth-order valence-electron chi connectivity index (χ4n) is 13.0. The Morgan fingerprint density at radius 1 is 0.269 bits per heavy atom. The van der Waals surface area contributed by atoms with Gasteiger partial charge in [0, 0.05) is 50.4 Å². The van der Waals surface area contributed by atoms with E-state index >= 15 is 0 Å². The molecule has 3 aliphatic rings. The number of hydrogen-bond donors (Lipinski definition) is 0. The zero-order chi connectivity index (χ0) is 53.7. The fourth-order valence-corrected chi connectivity index (χ4v) is 13.0. The molecule has 0 fully saturated rings. The molecule has 2 heteroatoms. The van der Waals surface area contributed by atoms with Crippen LogP contribution in [0, 0.1) is 20.8 Å². The molecule has 0 atom stereocenters. The third-order valence-electron chi connectivity index (χ3n) is 17.5. The average molecular weight is 1010 g/mol. The SMILES string of the molecule is Cc1ccc(N(c2ccccc2)c2ccc3c(c2)C(C)(C)c2cc(/C=C/c4ccc5c(c4)C(C)(C)c4cc(/C=C/c6ccc7c(c6)C(C)(C)c6cc(N(c8ccccc8)c8ccc(C)cc8)ccc6-7)c(C)cc4-5)ccc2-3)cc1. The first-order chi connectivity index (χ1) is 37.6. The van der Waals surface area contributed by atoms with Crippen LogP contribution in [0.2, 0.25) is 0 Å². The second-order valence-corrected chi connectivity index (χ2v) is 23.7. The lowest BCUT2D eigenvalue weighted by Crippen LogP contribution is -2.16. The highest BCUT2D eigenvalue weighted by atomic mass is 15.1. The Hall–Kier alpha value is -8.72. The number of aryl methyl sites for hydroxylation is 3. The molecule has 0 bridgehead atoms. The molecule has 0 amide bonds. The van der Waals surface area contributed by atoms with E-state index in [1.54, 1.807) is 0 Å². The van der Waals surface area contributed by atoms with Crippen LogP contribution in [0.25, 0.3) is 57.7 Å². The number of benzene rings is 10. The predicted octanol–water partition coefficient (Wildman–Crippen LogP) is 20.8. The van der Waals surface area contributed by atoms with Gasteiger partial charge >= 0.3 is 0 Å². The van der Waals surface area contributed by atoms with Crippen LogP contribution < -0.4 is 9.80 Å². The molecule has 78 heavy (non-hydrogen) atoms. The molecule has 0 N–H and O–H groups in total. The smallest absolute Gasteiger partial charge is 0.0465 e. The maximum absolute atomic E-state index is 2.45. The number of anilines is 6. The Morgan fingerprint density at radius 2 is 0.577 bits per heavy atom. The summed E-state index contributed by atoms with van der Waals surface area (Å²) in [5, 5.41) is 0. The number of hydrogen-bond acceptors (Lipinski definition) is 2. The molecular weight excluding hydrogens is 941 g/mol. The molecule has 380 valence electrons. The molecule has 0 unspecified atom stereocenters. The first-order valence-corrected chi connectivity index (χ1v) is 27.7. The number of nitrogens with zero attached hydrogens (tertiary/aromatic N) is 2. The normalized spacial score (nSPS) is 14.7. The molecular formula is C76H66N2. The third-order valence-corrected chi connectivity index (χ3v) is 17.5. The van der Waals surface area contributed by atoms with Gasteiger partial charge in [-0.1, -0.05) is 210 Å². The van der Waals surface area contributed by atoms with Crippen molar-refractivity contribution in [2.45, 2.75) is 78.6 Å². The molecule has 10 aromatic rings. The summed E-state index contributed by atoms with van der Waals surface area (Å²) >= 11 is 0. The van der Waals surface area contributed by atoms with E-state index in [2.05, 4.69) is 309 Å². The van der Waals surface area contributed by atoms with Crippen molar-refractivity contribution in [2.24, 2.45) is 0 Å². The average Bonchev–Trinajstić information content (AvgIpc) is 4.16. The van der Waals surface area contributed by atoms with Gasteiger partial charge in [0.05, 0.1) is 0 Å². The monoisotopic (exact) mass is 1010 g/mol. The Balaban J connectivity index is 0.740. The number of para-hydroxylation sites is 2. The maximum Gasteiger partial charge on any atom is 0.0465 e. The van der Waals surface area contributed by atoms with Crippen molar-refractivity contribution in [2.75, 3.05) is 9.80 Å². The van der Waals surface area contributed by atoms with Gasteiger partial charge in [0.2, 0.25) is 0 Å². The molecule has 0 aromatic heterocycles. The summed E-state index contributed by atoms with van der Waals surface area (Å²) in [5.41, 5.74) is 31.4. The van der Waals surface area contributed by atoms with E-state index in [-0.39, 0.29) is 16.2 Å². The topological polar surface area (TPSA) is 6.48 Å². The van der Waals surface area contributed by atoms with E-state index in [1.165, 1.54) is 117 Å². The third kappa shape index (κ3) is 8.16. The first kappa shape index (κ1) is 48.9. The summed E-state index contributed by atoms with van der Waals surface area (Å²) in [6.45, 7) is 20.9. The summed E-state index contributed by atoms with van der Waals surface area (Å²) in [6.07, 6.45) is 9.24. The van der Waals surface area contributed by atoms with Crippen LogP contribution in [0.15, 0.2) is 212 Å². The van der Waals surface area contributed by atoms with E-state index in [9.17, 15) is 0 Å². The second kappa shape index (κ2) is 18.5. The van der Waals surface area contributed by atoms with Crippen LogP contribution in [0.5, 0.6) is 0 Å². The van der Waals surface area contributed by atoms with Crippen molar-refractivity contribution >= 4 is 58.4 Å². The molecule has 3 aliphatic carbocycles. The summed E-state index contributed by atoms with van der Waals surface area (Å²) in [6, 6.07) is 79.2. The van der Waals surface area contributed by atoms with Crippen molar-refractivity contribution in [3.05, 3.63) is 285 Å². The van der Waals surface area contributed by atoms with Gasteiger partial charge in [0.25, 0.3) is 0 Å². The Bertz CT molecular complexity index is 4060. The van der Waals surface area contributed by atoms with Crippen molar-refractivity contribution < 1.29 is 0 Å². The van der Waals surface area contributed by atoms with Gasteiger partial charge in [-0.05, 0) is 194 Å². The van der Waals surface area contributed by atoms with Crippen LogP contribution in [-0.4, -0.2) is 0 Å². The van der Waals surface area contributed by atoms with Crippen molar-refractivity contribution in [1.29, 1.82) is 0 Å². The predicted molar refractivity (Wildman–Crippen MR) is 333 cm³/mol. The summed E-state index contributed by atoms with van der Waals surface area (Å²) < 4.78 is 0. The zero-order valence-electron chi connectivity index (χ0n) is 46.4. The van der Waals surface area contributed by atoms with Crippen LogP contribution in [0.1, 0.15) is 114 Å². The van der Waals surface area contributed by atoms with Crippen LogP contribution >= 0.6 is 0 Å². The van der Waals surface area contributed by atoms with Gasteiger partial charge in [0.1, 0.15) is 0 Å². The van der Waals surface area contributed by atoms with E-state index in [0.717, 1.165) is 22.7 Å². The molecule has 13 rings (SSSR count). The van der Waals surface area contributed by atoms with Gasteiger partial charge < -0.3 is 9.80 Å². The molecule has 0 saturated carbocycles. The highest BCUT2D eigenvalue weighted by Crippen LogP contribution is 2.54. The molecule has 0 saturated heterocycles. The number of rotatable bonds is 10. The van der Waals surface area contributed by atoms with Crippen molar-refractivity contribution in [3.8, 4) is 33.4 Å². The molecule has 0 spiro atoms. The Kier molecular flexibility index (Phi) is 11.6. The van der Waals surface area contributed by atoms with E-state index in [1.807, 2.05) is 0 Å². The Morgan fingerprint density at radius 3 is 0.974 bits per heavy atom. The molecule has 2 nitrogen and oxygen atoms in total. The highest BCUT2D eigenvalue weighted by Gasteiger charge is 2.39. The highest BCUT2D eigenvalue weighted by molar-refractivity contribution is 5.90. The van der Waals surface area contributed by atoms with Crippen molar-refractivity contribution in [1.82, 2.24) is 0 Å². The van der Waals surface area contributed by atoms with Gasteiger partial charge in [-0.2, -0.15) is 0 Å². The van der Waals surface area contributed by atoms with E-state index in [0.29, 0.717) is 0 Å². The molecule has 0 aliphatic heterocycles. The molecule has 0 radical (unpaired) electrons. The van der Waals surface area contributed by atoms with Gasteiger partial charge in [-0.3, -0.25) is 0 Å². The zero-order valence-corrected chi connectivity index (χ0v) is 46.4. The second-order valence-electron chi connectivity index (χ2n) is 23.7. The lowest BCUT2D eigenvalue weighted by atomic mass is 9.81. The summed E-state index contributed by atoms with van der Waals surface area (Å²) in [7, 11) is 0. The van der Waals surface area contributed by atoms with Gasteiger partial charge in [-0.15, -0.1) is 0 Å². The standard InChI is InChI=1S/C76H66N2/c1-49-20-31-58(32-21-49)77(56-16-12-10-13-17-56)60-35-40-64-62-37-27-52(43-68(62)75(6,7)72(64)47-60)24-25-53-29-39-66-67-42-51(3)55(46-71(67)74(4,5)70(66)44-53)30-26-54-28-38-63-65-41-36-61(48-73(65)76(8,9)69(63)45-54)78(57-18-14-11-15-19-57)59-33-22-50(2)23-34-59/h10-48H,1-9H3/b25-24+,30-26+. The fraction of sp³-hybridized carbons (Fsp3) is 0.158. The lowest BCUT2D eigenvalue weighted by Gasteiger charge is -2.28. The lowest BCUT2D eigenvalue weighted by molar-refractivity contribution is 0.660. The Labute approximate surface area is 462 Å². The van der Waals surface area contributed by atoms with E-state index < -0.39 is 0 Å².